The minimum absolute atomic E-state index is 0.171. The molecule has 142 valence electrons. The van der Waals surface area contributed by atoms with Crippen molar-refractivity contribution in [3.63, 3.8) is 0 Å². The van der Waals surface area contributed by atoms with Crippen molar-refractivity contribution in [3.8, 4) is 5.75 Å². The molecule has 0 spiro atoms. The largest absolute Gasteiger partial charge is 0.495 e. The molecule has 0 radical (unpaired) electrons. The number of hydrogen-bond donors (Lipinski definition) is 1. The second-order valence-corrected chi connectivity index (χ2v) is 6.62. The van der Waals surface area contributed by atoms with Crippen molar-refractivity contribution in [1.29, 1.82) is 0 Å². The minimum atomic E-state index is -0.396. The van der Waals surface area contributed by atoms with Crippen molar-refractivity contribution in [1.82, 2.24) is 19.2 Å². The summed E-state index contributed by atoms with van der Waals surface area (Å²) in [5, 5.41) is 11.2. The number of carbonyl (C=O) groups excluding carboxylic acids is 1. The number of hydrogen-bond acceptors (Lipinski definition) is 5. The lowest BCUT2D eigenvalue weighted by Crippen LogP contribution is -2.29. The van der Waals surface area contributed by atoms with Crippen molar-refractivity contribution in [2.24, 2.45) is 0 Å². The summed E-state index contributed by atoms with van der Waals surface area (Å²) < 4.78 is 8.31. The quantitative estimate of drug-likeness (QED) is 0.571. The highest BCUT2D eigenvalue weighted by Gasteiger charge is 2.17. The summed E-state index contributed by atoms with van der Waals surface area (Å²) >= 11 is 6.01. The van der Waals surface area contributed by atoms with Gasteiger partial charge in [-0.25, -0.2) is 0 Å². The molecule has 8 nitrogen and oxygen atoms in total. The van der Waals surface area contributed by atoms with E-state index in [9.17, 15) is 9.59 Å². The number of rotatable bonds is 4. The van der Waals surface area contributed by atoms with Gasteiger partial charge in [-0.05, 0) is 37.3 Å². The van der Waals surface area contributed by atoms with Gasteiger partial charge in [-0.1, -0.05) is 23.7 Å². The normalized spacial score (nSPS) is 11.1. The fourth-order valence-corrected chi connectivity index (χ4v) is 3.34. The lowest BCUT2D eigenvalue weighted by molar-refractivity contribution is -0.116. The number of methoxy groups -OCH3 is 1. The van der Waals surface area contributed by atoms with Crippen molar-refractivity contribution < 1.29 is 9.53 Å². The van der Waals surface area contributed by atoms with E-state index in [-0.39, 0.29) is 12.2 Å². The van der Waals surface area contributed by atoms with Crippen LogP contribution >= 0.6 is 11.6 Å². The Labute approximate surface area is 164 Å². The first-order valence-electron chi connectivity index (χ1n) is 8.46. The van der Waals surface area contributed by atoms with Gasteiger partial charge in [-0.2, -0.15) is 0 Å². The Bertz CT molecular complexity index is 1280. The fourth-order valence-electron chi connectivity index (χ4n) is 3.17. The molecule has 2 aromatic heterocycles. The second-order valence-electron chi connectivity index (χ2n) is 6.18. The van der Waals surface area contributed by atoms with Crippen molar-refractivity contribution in [2.45, 2.75) is 13.5 Å². The van der Waals surface area contributed by atoms with Crippen LogP contribution in [-0.4, -0.2) is 32.2 Å². The van der Waals surface area contributed by atoms with Gasteiger partial charge in [-0.3, -0.25) is 18.6 Å². The molecule has 2 aromatic carbocycles. The van der Waals surface area contributed by atoms with Crippen LogP contribution < -0.4 is 15.6 Å². The molecule has 1 N–H and O–H groups in total. The Hall–Kier alpha value is -3.39. The number of halogens is 1. The van der Waals surface area contributed by atoms with Gasteiger partial charge < -0.3 is 10.1 Å². The van der Waals surface area contributed by atoms with Crippen LogP contribution in [0.4, 0.5) is 5.69 Å². The van der Waals surface area contributed by atoms with Crippen molar-refractivity contribution >= 4 is 39.9 Å². The number of carbonyl (C=O) groups is 1. The number of nitrogens with zero attached hydrogens (tertiary/aromatic N) is 4. The molecule has 2 heterocycles. The predicted molar refractivity (Wildman–Crippen MR) is 106 cm³/mol. The summed E-state index contributed by atoms with van der Waals surface area (Å²) in [6.45, 7) is 1.58. The number of anilines is 1. The molecule has 0 atom stereocenters. The lowest BCUT2D eigenvalue weighted by Gasteiger charge is -2.14. The first-order chi connectivity index (χ1) is 13.5. The summed E-state index contributed by atoms with van der Waals surface area (Å²) in [5.74, 6) is 0.676. The molecule has 9 heteroatoms. The van der Waals surface area contributed by atoms with Crippen LogP contribution in [-0.2, 0) is 11.3 Å². The van der Waals surface area contributed by atoms with Gasteiger partial charge in [0.25, 0.3) is 5.56 Å². The van der Waals surface area contributed by atoms with Crippen molar-refractivity contribution in [3.05, 3.63) is 63.7 Å². The molecule has 0 saturated heterocycles. The number of aromatic nitrogens is 4. The Balaban J connectivity index is 1.78. The third-order valence-electron chi connectivity index (χ3n) is 4.41. The summed E-state index contributed by atoms with van der Waals surface area (Å²) in [5.41, 5.74) is 1.55. The molecule has 0 unspecified atom stereocenters. The maximum atomic E-state index is 12.9. The SMILES string of the molecule is COc1ccc(Cl)cc1NC(=O)Cn1c(=O)c2nnc(C)n2c2ccccc21. The highest BCUT2D eigenvalue weighted by molar-refractivity contribution is 6.31. The third kappa shape index (κ3) is 2.97. The smallest absolute Gasteiger partial charge is 0.297 e. The average molecular weight is 398 g/mol. The Kier molecular flexibility index (Phi) is 4.48. The molecule has 0 aliphatic rings. The van der Waals surface area contributed by atoms with Crippen LogP contribution in [0.1, 0.15) is 5.82 Å². The third-order valence-corrected chi connectivity index (χ3v) is 4.65. The number of amides is 1. The first-order valence-corrected chi connectivity index (χ1v) is 8.84. The van der Waals surface area contributed by atoms with E-state index in [1.807, 2.05) is 18.2 Å². The van der Waals surface area contributed by atoms with Crippen LogP contribution in [0.25, 0.3) is 16.7 Å². The number of para-hydroxylation sites is 2. The molecule has 28 heavy (non-hydrogen) atoms. The van der Waals surface area contributed by atoms with E-state index in [0.717, 1.165) is 5.52 Å². The first kappa shape index (κ1) is 18.0. The molecular weight excluding hydrogens is 382 g/mol. The van der Waals surface area contributed by atoms with E-state index >= 15 is 0 Å². The molecule has 0 saturated carbocycles. The second kappa shape index (κ2) is 6.97. The average Bonchev–Trinajstić information content (AvgIpc) is 3.07. The highest BCUT2D eigenvalue weighted by Crippen LogP contribution is 2.27. The topological polar surface area (TPSA) is 90.5 Å². The van der Waals surface area contributed by atoms with Gasteiger partial charge in [0, 0.05) is 5.02 Å². The van der Waals surface area contributed by atoms with Gasteiger partial charge in [0.15, 0.2) is 0 Å². The summed E-state index contributed by atoms with van der Waals surface area (Å²) in [6.07, 6.45) is 0. The van der Waals surface area contributed by atoms with Gasteiger partial charge >= 0.3 is 0 Å². The molecule has 0 aliphatic carbocycles. The zero-order valence-electron chi connectivity index (χ0n) is 15.1. The monoisotopic (exact) mass is 397 g/mol. The highest BCUT2D eigenvalue weighted by atomic mass is 35.5. The molecule has 0 fully saturated rings. The molecule has 0 aliphatic heterocycles. The van der Waals surface area contributed by atoms with Crippen LogP contribution in [0.3, 0.4) is 0 Å². The van der Waals surface area contributed by atoms with Gasteiger partial charge in [0.05, 0.1) is 23.8 Å². The maximum Gasteiger partial charge on any atom is 0.297 e. The van der Waals surface area contributed by atoms with Gasteiger partial charge in [0.2, 0.25) is 11.6 Å². The lowest BCUT2D eigenvalue weighted by atomic mass is 10.2. The molecule has 1 amide bonds. The number of fused-ring (bicyclic) bond motifs is 3. The molecular formula is C19H16ClN5O3. The van der Waals surface area contributed by atoms with Gasteiger partial charge in [-0.15, -0.1) is 10.2 Å². The maximum absolute atomic E-state index is 12.9. The van der Waals surface area contributed by atoms with Crippen LogP contribution in [0, 0.1) is 6.92 Å². The zero-order valence-corrected chi connectivity index (χ0v) is 15.9. The summed E-state index contributed by atoms with van der Waals surface area (Å²) in [7, 11) is 1.50. The van der Waals surface area contributed by atoms with E-state index in [2.05, 4.69) is 15.5 Å². The summed E-state index contributed by atoms with van der Waals surface area (Å²) in [4.78, 5) is 25.6. The number of aryl methyl sites for hydroxylation is 1. The Morgan fingerprint density at radius 2 is 1.93 bits per heavy atom. The van der Waals surface area contributed by atoms with Crippen LogP contribution in [0.5, 0.6) is 5.75 Å². The van der Waals surface area contributed by atoms with E-state index < -0.39 is 11.5 Å². The zero-order chi connectivity index (χ0) is 19.8. The number of ether oxygens (including phenoxy) is 1. The van der Waals surface area contributed by atoms with Crippen LogP contribution in [0.15, 0.2) is 47.3 Å². The van der Waals surface area contributed by atoms with Gasteiger partial charge in [0.1, 0.15) is 18.1 Å². The van der Waals surface area contributed by atoms with E-state index in [1.165, 1.54) is 11.7 Å². The number of nitrogens with one attached hydrogen (secondary N) is 1. The van der Waals surface area contributed by atoms with Crippen molar-refractivity contribution in [2.75, 3.05) is 12.4 Å². The Morgan fingerprint density at radius 3 is 2.68 bits per heavy atom. The van der Waals surface area contributed by atoms with E-state index in [1.54, 1.807) is 35.6 Å². The Morgan fingerprint density at radius 1 is 1.18 bits per heavy atom. The fraction of sp³-hybridized carbons (Fsp3) is 0.158. The predicted octanol–water partition coefficient (Wildman–Crippen LogP) is 2.65. The molecule has 4 rings (SSSR count). The summed E-state index contributed by atoms with van der Waals surface area (Å²) in [6, 6.07) is 12.2. The standard InChI is InChI=1S/C19H16ClN5O3/c1-11-22-23-18-19(27)24(14-5-3-4-6-15(14)25(11)18)10-17(26)21-13-9-12(20)7-8-16(13)28-2/h3-9H,10H2,1-2H3,(H,21,26). The van der Waals surface area contributed by atoms with Crippen LogP contribution in [0.2, 0.25) is 5.02 Å². The molecule has 0 bridgehead atoms. The number of benzene rings is 2. The van der Waals surface area contributed by atoms with E-state index in [4.69, 9.17) is 16.3 Å². The van der Waals surface area contributed by atoms with E-state index in [0.29, 0.717) is 27.8 Å². The molecule has 4 aromatic rings. The minimum Gasteiger partial charge on any atom is -0.495 e.